The van der Waals surface area contributed by atoms with Crippen LogP contribution in [0.4, 0.5) is 0 Å². The van der Waals surface area contributed by atoms with E-state index in [0.29, 0.717) is 6.61 Å². The van der Waals surface area contributed by atoms with Gasteiger partial charge in [-0.25, -0.2) is 5.48 Å². The van der Waals surface area contributed by atoms with Crippen LogP contribution in [0, 0.1) is 0 Å². The minimum atomic E-state index is -0.0424. The number of fused-ring (bicyclic) bond motifs is 1. The van der Waals surface area contributed by atoms with Crippen molar-refractivity contribution in [3.05, 3.63) is 47.3 Å². The Morgan fingerprint density at radius 3 is 2.83 bits per heavy atom. The molecule has 5 N–H and O–H groups in total. The molecule has 1 heterocycles. The average molecular weight is 416 g/mol. The van der Waals surface area contributed by atoms with Crippen molar-refractivity contribution in [2.24, 2.45) is 5.73 Å². The summed E-state index contributed by atoms with van der Waals surface area (Å²) in [7, 11) is 1.62. The Morgan fingerprint density at radius 1 is 1.17 bits per heavy atom. The zero-order chi connectivity index (χ0) is 21.3. The zero-order valence-electron chi connectivity index (χ0n) is 17.6. The number of methoxy groups -OCH3 is 1. The average Bonchev–Trinajstić information content (AvgIpc) is 2.76. The van der Waals surface area contributed by atoms with E-state index in [1.165, 1.54) is 0 Å². The molecule has 0 spiro atoms. The van der Waals surface area contributed by atoms with Gasteiger partial charge in [0.05, 0.1) is 7.11 Å². The molecule has 2 atom stereocenters. The van der Waals surface area contributed by atoms with Crippen molar-refractivity contribution >= 4 is 0 Å². The first kappa shape index (κ1) is 22.3. The summed E-state index contributed by atoms with van der Waals surface area (Å²) in [6.45, 7) is 1.15. The maximum atomic E-state index is 10.1. The summed E-state index contributed by atoms with van der Waals surface area (Å²) in [5.41, 5.74) is 12.1. The number of nitrogens with zero attached hydrogens (tertiary/aromatic N) is 1. The number of nitrogens with one attached hydrogen (secondary N) is 1. The molecule has 7 heteroatoms. The molecule has 3 rings (SSSR count). The van der Waals surface area contributed by atoms with Crippen molar-refractivity contribution in [3.8, 4) is 17.2 Å². The molecule has 0 bridgehead atoms. The number of nitrogens with two attached hydrogens (primary N) is 1. The third-order valence-electron chi connectivity index (χ3n) is 5.86. The lowest BCUT2D eigenvalue weighted by Crippen LogP contribution is -2.33. The predicted molar refractivity (Wildman–Crippen MR) is 115 cm³/mol. The maximum Gasteiger partial charge on any atom is 0.160 e. The minimum absolute atomic E-state index is 0.0267. The van der Waals surface area contributed by atoms with Gasteiger partial charge in [-0.2, -0.15) is 0 Å². The largest absolute Gasteiger partial charge is 0.504 e. The first-order chi connectivity index (χ1) is 14.6. The summed E-state index contributed by atoms with van der Waals surface area (Å²) in [4.78, 5) is 9.74. The van der Waals surface area contributed by atoms with E-state index >= 15 is 0 Å². The molecule has 2 unspecified atom stereocenters. The van der Waals surface area contributed by atoms with Crippen LogP contribution in [0.2, 0.25) is 0 Å². The number of phenols is 2. The smallest absolute Gasteiger partial charge is 0.160 e. The van der Waals surface area contributed by atoms with Gasteiger partial charge in [0.1, 0.15) is 18.1 Å². The van der Waals surface area contributed by atoms with Gasteiger partial charge in [0, 0.05) is 24.3 Å². The van der Waals surface area contributed by atoms with E-state index < -0.39 is 0 Å². The number of ether oxygens (including phenoxy) is 1. The van der Waals surface area contributed by atoms with Crippen LogP contribution in [0.15, 0.2) is 30.5 Å². The molecule has 0 fully saturated rings. The molecular weight excluding hydrogens is 382 g/mol. The molecule has 30 heavy (non-hydrogen) atoms. The van der Waals surface area contributed by atoms with E-state index in [-0.39, 0.29) is 23.5 Å². The van der Waals surface area contributed by atoms with Gasteiger partial charge >= 0.3 is 0 Å². The van der Waals surface area contributed by atoms with Crippen LogP contribution >= 0.6 is 0 Å². The molecule has 0 radical (unpaired) electrons. The van der Waals surface area contributed by atoms with E-state index in [4.69, 9.17) is 15.3 Å². The van der Waals surface area contributed by atoms with Gasteiger partial charge in [-0.05, 0) is 55.4 Å². The summed E-state index contributed by atoms with van der Waals surface area (Å²) in [6.07, 6.45) is 8.65. The maximum absolute atomic E-state index is 10.1. The molecule has 1 aromatic carbocycles. The molecule has 1 aliphatic carbocycles. The van der Waals surface area contributed by atoms with Gasteiger partial charge in [-0.3, -0.25) is 9.82 Å². The summed E-state index contributed by atoms with van der Waals surface area (Å²) in [5, 5.41) is 19.9. The fourth-order valence-corrected chi connectivity index (χ4v) is 4.19. The SMILES string of the molecule is COc1cccnc1CONCCCCCCC1c2ccc(O)c(O)c2CCC1N. The second-order valence-electron chi connectivity index (χ2n) is 7.85. The molecule has 1 aromatic heterocycles. The van der Waals surface area contributed by atoms with Crippen LogP contribution in [0.5, 0.6) is 17.2 Å². The number of aromatic nitrogens is 1. The lowest BCUT2D eigenvalue weighted by molar-refractivity contribution is 0.0243. The van der Waals surface area contributed by atoms with E-state index in [0.717, 1.165) is 74.1 Å². The van der Waals surface area contributed by atoms with Gasteiger partial charge in [0.15, 0.2) is 11.5 Å². The Labute approximate surface area is 178 Å². The monoisotopic (exact) mass is 415 g/mol. The highest BCUT2D eigenvalue weighted by Crippen LogP contribution is 2.42. The Kier molecular flexibility index (Phi) is 8.30. The number of hydrogen-bond acceptors (Lipinski definition) is 7. The highest BCUT2D eigenvalue weighted by atomic mass is 16.6. The predicted octanol–water partition coefficient (Wildman–Crippen LogP) is 3.53. The Hall–Kier alpha value is -2.35. The van der Waals surface area contributed by atoms with Gasteiger partial charge in [0.25, 0.3) is 0 Å². The van der Waals surface area contributed by atoms with Crippen molar-refractivity contribution in [1.29, 1.82) is 0 Å². The molecule has 7 nitrogen and oxygen atoms in total. The molecular formula is C23H33N3O4. The first-order valence-corrected chi connectivity index (χ1v) is 10.7. The molecule has 2 aromatic rings. The van der Waals surface area contributed by atoms with E-state index in [2.05, 4.69) is 10.5 Å². The topological polar surface area (TPSA) is 110 Å². The standard InChI is InChI=1S/C23H33N3O4/c1-29-22-8-6-13-25-20(22)15-30-26-14-5-3-2-4-7-17-16-10-12-21(27)23(28)18(16)9-11-19(17)24/h6,8,10,12-13,17,19,26-28H,2-5,7,9,11,14-15,24H2,1H3. The van der Waals surface area contributed by atoms with Crippen LogP contribution in [0.25, 0.3) is 0 Å². The van der Waals surface area contributed by atoms with Crippen LogP contribution in [0.1, 0.15) is 61.3 Å². The number of hydrogen-bond donors (Lipinski definition) is 4. The van der Waals surface area contributed by atoms with Crippen LogP contribution in [-0.2, 0) is 17.9 Å². The van der Waals surface area contributed by atoms with Gasteiger partial charge < -0.3 is 20.7 Å². The van der Waals surface area contributed by atoms with Crippen molar-refractivity contribution in [2.75, 3.05) is 13.7 Å². The van der Waals surface area contributed by atoms with E-state index in [1.807, 2.05) is 18.2 Å². The normalized spacial score (nSPS) is 18.2. The summed E-state index contributed by atoms with van der Waals surface area (Å²) >= 11 is 0. The van der Waals surface area contributed by atoms with E-state index in [9.17, 15) is 10.2 Å². The molecule has 0 saturated heterocycles. The lowest BCUT2D eigenvalue weighted by Gasteiger charge is -2.32. The third kappa shape index (κ3) is 5.62. The summed E-state index contributed by atoms with van der Waals surface area (Å²) in [5.74, 6) is 0.957. The summed E-state index contributed by atoms with van der Waals surface area (Å²) < 4.78 is 5.25. The number of hydroxylamine groups is 1. The summed E-state index contributed by atoms with van der Waals surface area (Å²) in [6, 6.07) is 7.31. The number of benzene rings is 1. The van der Waals surface area contributed by atoms with E-state index in [1.54, 1.807) is 19.4 Å². The number of rotatable bonds is 11. The molecule has 0 saturated carbocycles. The van der Waals surface area contributed by atoms with Crippen LogP contribution in [-0.4, -0.2) is 34.9 Å². The quantitative estimate of drug-likeness (QED) is 0.252. The molecule has 164 valence electrons. The van der Waals surface area contributed by atoms with Gasteiger partial charge in [0.2, 0.25) is 0 Å². The zero-order valence-corrected chi connectivity index (χ0v) is 17.6. The number of pyridine rings is 1. The van der Waals surface area contributed by atoms with Gasteiger partial charge in [-0.15, -0.1) is 0 Å². The first-order valence-electron chi connectivity index (χ1n) is 10.7. The fraction of sp³-hybridized carbons (Fsp3) is 0.522. The molecule has 0 aliphatic heterocycles. The number of aromatic hydroxyl groups is 2. The minimum Gasteiger partial charge on any atom is -0.504 e. The Morgan fingerprint density at radius 2 is 2.00 bits per heavy atom. The van der Waals surface area contributed by atoms with Crippen molar-refractivity contribution in [2.45, 2.75) is 63.5 Å². The van der Waals surface area contributed by atoms with Crippen molar-refractivity contribution < 1.29 is 19.8 Å². The third-order valence-corrected chi connectivity index (χ3v) is 5.86. The van der Waals surface area contributed by atoms with Crippen molar-refractivity contribution in [1.82, 2.24) is 10.5 Å². The highest BCUT2D eigenvalue weighted by molar-refractivity contribution is 5.51. The second-order valence-corrected chi connectivity index (χ2v) is 7.85. The number of unbranched alkanes of at least 4 members (excludes halogenated alkanes) is 3. The highest BCUT2D eigenvalue weighted by Gasteiger charge is 2.29. The van der Waals surface area contributed by atoms with Gasteiger partial charge in [-0.1, -0.05) is 25.3 Å². The fourth-order valence-electron chi connectivity index (χ4n) is 4.19. The molecule has 1 aliphatic rings. The Balaban J connectivity index is 1.32. The second kappa shape index (κ2) is 11.2. The molecule has 0 amide bonds. The van der Waals surface area contributed by atoms with Crippen molar-refractivity contribution in [3.63, 3.8) is 0 Å². The van der Waals surface area contributed by atoms with Crippen LogP contribution in [0.3, 0.4) is 0 Å². The Bertz CT molecular complexity index is 815. The van der Waals surface area contributed by atoms with Crippen LogP contribution < -0.4 is 16.0 Å². The number of phenolic OH excluding ortho intramolecular Hbond substituents is 2. The lowest BCUT2D eigenvalue weighted by atomic mass is 9.76.